The summed E-state index contributed by atoms with van der Waals surface area (Å²) >= 11 is 5.80. The van der Waals surface area contributed by atoms with Crippen LogP contribution in [0.1, 0.15) is 13.3 Å². The quantitative estimate of drug-likeness (QED) is 0.843. The number of rotatable bonds is 5. The van der Waals surface area contributed by atoms with E-state index in [1.165, 1.54) is 9.80 Å². The third kappa shape index (κ3) is 5.13. The molecule has 1 aromatic rings. The lowest BCUT2D eigenvalue weighted by Gasteiger charge is -2.33. The maximum absolute atomic E-state index is 12.2. The summed E-state index contributed by atoms with van der Waals surface area (Å²) in [5.41, 5.74) is 0.609. The van der Waals surface area contributed by atoms with E-state index in [1.807, 2.05) is 6.92 Å². The normalized spacial score (nSPS) is 14.5. The molecule has 0 aliphatic carbocycles. The van der Waals surface area contributed by atoms with Crippen LogP contribution in [0, 0.1) is 0 Å². The van der Waals surface area contributed by atoms with Crippen LogP contribution < -0.4 is 10.6 Å². The zero-order valence-electron chi connectivity index (χ0n) is 13.5. The van der Waals surface area contributed by atoms with Crippen molar-refractivity contribution in [2.45, 2.75) is 13.3 Å². The van der Waals surface area contributed by atoms with Crippen molar-refractivity contribution < 1.29 is 14.4 Å². The molecule has 4 amide bonds. The highest BCUT2D eigenvalue weighted by Crippen LogP contribution is 2.14. The van der Waals surface area contributed by atoms with Crippen molar-refractivity contribution in [2.24, 2.45) is 0 Å². The molecular weight excluding hydrogens is 332 g/mol. The summed E-state index contributed by atoms with van der Waals surface area (Å²) in [7, 11) is 0. The lowest BCUT2D eigenvalue weighted by atomic mass is 10.3. The standard InChI is InChI=1S/C16H21ClN4O3/c1-2-7-18-14(22)10-20-8-9-21(11-15(20)23)16(24)19-13-5-3-12(17)4-6-13/h3-6H,2,7-11H2,1H3,(H,18,22)(H,19,24). The van der Waals surface area contributed by atoms with Gasteiger partial charge in [0, 0.05) is 30.3 Å². The Hall–Kier alpha value is -2.28. The average molecular weight is 353 g/mol. The average Bonchev–Trinajstić information content (AvgIpc) is 2.56. The van der Waals surface area contributed by atoms with Crippen LogP contribution in [0.5, 0.6) is 0 Å². The predicted molar refractivity (Wildman–Crippen MR) is 91.9 cm³/mol. The molecule has 24 heavy (non-hydrogen) atoms. The van der Waals surface area contributed by atoms with Gasteiger partial charge in [-0.05, 0) is 30.7 Å². The summed E-state index contributed by atoms with van der Waals surface area (Å²) in [4.78, 5) is 38.9. The summed E-state index contributed by atoms with van der Waals surface area (Å²) in [6.45, 7) is 3.27. The second-order valence-corrected chi connectivity index (χ2v) is 5.96. The minimum absolute atomic E-state index is 0.0332. The molecule has 130 valence electrons. The van der Waals surface area contributed by atoms with Gasteiger partial charge in [-0.1, -0.05) is 18.5 Å². The third-order valence-electron chi connectivity index (χ3n) is 3.61. The smallest absolute Gasteiger partial charge is 0.322 e. The van der Waals surface area contributed by atoms with E-state index in [0.717, 1.165) is 6.42 Å². The fourth-order valence-electron chi connectivity index (χ4n) is 2.28. The SMILES string of the molecule is CCCNC(=O)CN1CCN(C(=O)Nc2ccc(Cl)cc2)CC1=O. The molecule has 8 heteroatoms. The molecule has 1 aliphatic rings. The number of hydrogen-bond acceptors (Lipinski definition) is 3. The van der Waals surface area contributed by atoms with Gasteiger partial charge >= 0.3 is 6.03 Å². The Morgan fingerprint density at radius 1 is 1.21 bits per heavy atom. The number of hydrogen-bond donors (Lipinski definition) is 2. The summed E-state index contributed by atoms with van der Waals surface area (Å²) in [5.74, 6) is -0.413. The number of piperazine rings is 1. The van der Waals surface area contributed by atoms with E-state index in [-0.39, 0.29) is 30.9 Å². The molecule has 0 radical (unpaired) electrons. The van der Waals surface area contributed by atoms with E-state index in [1.54, 1.807) is 24.3 Å². The summed E-state index contributed by atoms with van der Waals surface area (Å²) in [6, 6.07) is 6.39. The predicted octanol–water partition coefficient (Wildman–Crippen LogP) is 1.54. The van der Waals surface area contributed by atoms with Gasteiger partial charge in [0.2, 0.25) is 11.8 Å². The van der Waals surface area contributed by atoms with E-state index in [2.05, 4.69) is 10.6 Å². The van der Waals surface area contributed by atoms with Gasteiger partial charge in [0.15, 0.2) is 0 Å². The first-order chi connectivity index (χ1) is 11.5. The third-order valence-corrected chi connectivity index (χ3v) is 3.86. The maximum Gasteiger partial charge on any atom is 0.322 e. The van der Waals surface area contributed by atoms with Gasteiger partial charge in [-0.2, -0.15) is 0 Å². The molecule has 2 rings (SSSR count). The van der Waals surface area contributed by atoms with Gasteiger partial charge in [-0.25, -0.2) is 4.79 Å². The molecule has 0 atom stereocenters. The van der Waals surface area contributed by atoms with Crippen molar-refractivity contribution in [3.8, 4) is 0 Å². The van der Waals surface area contributed by atoms with Crippen molar-refractivity contribution in [1.82, 2.24) is 15.1 Å². The minimum atomic E-state index is -0.347. The first kappa shape index (κ1) is 18.1. The topological polar surface area (TPSA) is 81.8 Å². The molecule has 1 aliphatic heterocycles. The van der Waals surface area contributed by atoms with E-state index < -0.39 is 0 Å². The van der Waals surface area contributed by atoms with Crippen molar-refractivity contribution in [3.63, 3.8) is 0 Å². The largest absolute Gasteiger partial charge is 0.355 e. The number of carbonyl (C=O) groups is 3. The van der Waals surface area contributed by atoms with E-state index >= 15 is 0 Å². The number of anilines is 1. The molecule has 0 saturated carbocycles. The Balaban J connectivity index is 1.83. The van der Waals surface area contributed by atoms with Crippen LogP contribution in [-0.4, -0.2) is 60.4 Å². The fraction of sp³-hybridized carbons (Fsp3) is 0.438. The number of nitrogens with zero attached hydrogens (tertiary/aromatic N) is 2. The van der Waals surface area contributed by atoms with Crippen LogP contribution >= 0.6 is 11.6 Å². The Morgan fingerprint density at radius 2 is 1.92 bits per heavy atom. The Kier molecular flexibility index (Phi) is 6.43. The summed E-state index contributed by atoms with van der Waals surface area (Å²) in [5, 5.41) is 6.04. The van der Waals surface area contributed by atoms with Crippen LogP contribution in [0.15, 0.2) is 24.3 Å². The van der Waals surface area contributed by atoms with Crippen molar-refractivity contribution in [3.05, 3.63) is 29.3 Å². The Morgan fingerprint density at radius 3 is 2.54 bits per heavy atom. The lowest BCUT2D eigenvalue weighted by molar-refractivity contribution is -0.139. The van der Waals surface area contributed by atoms with Gasteiger partial charge in [-0.15, -0.1) is 0 Å². The van der Waals surface area contributed by atoms with E-state index in [0.29, 0.717) is 30.3 Å². The Labute approximate surface area is 145 Å². The van der Waals surface area contributed by atoms with Gasteiger partial charge in [0.05, 0.1) is 6.54 Å². The van der Waals surface area contributed by atoms with Crippen LogP contribution in [0.4, 0.5) is 10.5 Å². The van der Waals surface area contributed by atoms with E-state index in [4.69, 9.17) is 11.6 Å². The molecule has 1 fully saturated rings. The number of urea groups is 1. The molecule has 0 spiro atoms. The zero-order valence-corrected chi connectivity index (χ0v) is 14.3. The Bertz CT molecular complexity index is 606. The molecule has 1 heterocycles. The number of carbonyl (C=O) groups excluding carboxylic acids is 3. The van der Waals surface area contributed by atoms with Crippen LogP contribution in [0.25, 0.3) is 0 Å². The second kappa shape index (κ2) is 8.54. The zero-order chi connectivity index (χ0) is 17.5. The van der Waals surface area contributed by atoms with Crippen LogP contribution in [0.3, 0.4) is 0 Å². The molecular formula is C16H21ClN4O3. The molecule has 0 aromatic heterocycles. The van der Waals surface area contributed by atoms with Crippen LogP contribution in [-0.2, 0) is 9.59 Å². The van der Waals surface area contributed by atoms with Crippen LogP contribution in [0.2, 0.25) is 5.02 Å². The van der Waals surface area contributed by atoms with Gasteiger partial charge < -0.3 is 20.4 Å². The first-order valence-electron chi connectivity index (χ1n) is 7.85. The molecule has 0 bridgehead atoms. The van der Waals surface area contributed by atoms with Crippen molar-refractivity contribution >= 4 is 35.1 Å². The summed E-state index contributed by atoms with van der Waals surface area (Å²) < 4.78 is 0. The second-order valence-electron chi connectivity index (χ2n) is 5.52. The highest BCUT2D eigenvalue weighted by atomic mass is 35.5. The van der Waals surface area contributed by atoms with Gasteiger partial charge in [0.1, 0.15) is 6.54 Å². The molecule has 7 nitrogen and oxygen atoms in total. The van der Waals surface area contributed by atoms with Gasteiger partial charge in [0.25, 0.3) is 0 Å². The highest BCUT2D eigenvalue weighted by molar-refractivity contribution is 6.30. The number of nitrogens with one attached hydrogen (secondary N) is 2. The summed E-state index contributed by atoms with van der Waals surface area (Å²) in [6.07, 6.45) is 0.846. The monoisotopic (exact) mass is 352 g/mol. The first-order valence-corrected chi connectivity index (χ1v) is 8.23. The number of amides is 4. The van der Waals surface area contributed by atoms with Gasteiger partial charge in [-0.3, -0.25) is 9.59 Å². The highest BCUT2D eigenvalue weighted by Gasteiger charge is 2.28. The van der Waals surface area contributed by atoms with Crippen molar-refractivity contribution in [2.75, 3.05) is 38.0 Å². The molecule has 0 unspecified atom stereocenters. The molecule has 1 saturated heterocycles. The fourth-order valence-corrected chi connectivity index (χ4v) is 2.40. The lowest BCUT2D eigenvalue weighted by Crippen LogP contribution is -2.55. The molecule has 2 N–H and O–H groups in total. The number of benzene rings is 1. The molecule has 1 aromatic carbocycles. The number of halogens is 1. The van der Waals surface area contributed by atoms with E-state index in [9.17, 15) is 14.4 Å². The maximum atomic E-state index is 12.2. The van der Waals surface area contributed by atoms with Crippen molar-refractivity contribution in [1.29, 1.82) is 0 Å². The minimum Gasteiger partial charge on any atom is -0.355 e.